The lowest BCUT2D eigenvalue weighted by atomic mass is 9.92. The molecule has 3 aromatic rings. The van der Waals surface area contributed by atoms with Gasteiger partial charge in [-0.3, -0.25) is 14.4 Å². The first-order valence-corrected chi connectivity index (χ1v) is 15.0. The number of likely N-dealkylation sites (tertiary alicyclic amines) is 1. The van der Waals surface area contributed by atoms with Crippen molar-refractivity contribution in [2.45, 2.75) is 46.5 Å². The summed E-state index contributed by atoms with van der Waals surface area (Å²) >= 11 is 0. The number of benzene rings is 2. The molecule has 2 heterocycles. The zero-order chi connectivity index (χ0) is 26.6. The van der Waals surface area contributed by atoms with E-state index in [-0.39, 0.29) is 5.78 Å². The Bertz CT molecular complexity index is 1320. The van der Waals surface area contributed by atoms with Gasteiger partial charge in [0, 0.05) is 42.7 Å². The maximum absolute atomic E-state index is 13.6. The molecular formula is C29H38N2O5S. The molecule has 8 heteroatoms. The Hall–Kier alpha value is -2.84. The first-order valence-electron chi connectivity index (χ1n) is 13.2. The second kappa shape index (κ2) is 11.7. The van der Waals surface area contributed by atoms with Gasteiger partial charge >= 0.3 is 0 Å². The second-order valence-electron chi connectivity index (χ2n) is 10.5. The van der Waals surface area contributed by atoms with Crippen molar-refractivity contribution in [2.75, 3.05) is 37.2 Å². The number of piperidine rings is 1. The van der Waals surface area contributed by atoms with Crippen molar-refractivity contribution in [3.8, 4) is 5.75 Å². The minimum atomic E-state index is -3.45. The van der Waals surface area contributed by atoms with E-state index in [4.69, 9.17) is 9.15 Å². The highest BCUT2D eigenvalue weighted by Gasteiger charge is 2.23. The van der Waals surface area contributed by atoms with Gasteiger partial charge < -0.3 is 9.15 Å². The number of hydrogen-bond acceptors (Lipinski definition) is 6. The zero-order valence-electron chi connectivity index (χ0n) is 22.2. The molecule has 1 aromatic heterocycles. The van der Waals surface area contributed by atoms with Crippen molar-refractivity contribution in [2.24, 2.45) is 11.8 Å². The molecule has 2 atom stereocenters. The molecule has 2 unspecified atom stereocenters. The van der Waals surface area contributed by atoms with Crippen LogP contribution < -0.4 is 9.46 Å². The van der Waals surface area contributed by atoms with Crippen LogP contribution in [-0.4, -0.2) is 51.6 Å². The molecule has 37 heavy (non-hydrogen) atoms. The Balaban J connectivity index is 1.51. The molecule has 0 aliphatic carbocycles. The van der Waals surface area contributed by atoms with Crippen molar-refractivity contribution in [1.29, 1.82) is 0 Å². The van der Waals surface area contributed by atoms with Gasteiger partial charge in [0.15, 0.2) is 5.78 Å². The topological polar surface area (TPSA) is 88.8 Å². The lowest BCUT2D eigenvalue weighted by molar-refractivity contribution is 0.103. The molecule has 7 nitrogen and oxygen atoms in total. The Morgan fingerprint density at radius 3 is 2.46 bits per heavy atom. The van der Waals surface area contributed by atoms with Gasteiger partial charge in [-0.1, -0.05) is 27.2 Å². The molecule has 1 fully saturated rings. The number of ketones is 1. The van der Waals surface area contributed by atoms with E-state index in [1.54, 1.807) is 30.3 Å². The van der Waals surface area contributed by atoms with Gasteiger partial charge in [-0.05, 0) is 67.1 Å². The fraction of sp³-hybridized carbons (Fsp3) is 0.483. The first kappa shape index (κ1) is 27.2. The predicted octanol–water partition coefficient (Wildman–Crippen LogP) is 5.73. The Labute approximate surface area is 220 Å². The van der Waals surface area contributed by atoms with E-state index >= 15 is 0 Å². The molecule has 4 rings (SSSR count). The standard InChI is InChI=1S/C29H38N2O5S/c1-5-6-7-27-28(25-17-23(30-37(4,33)34)10-13-26(25)36-27)29(32)22-8-11-24(12-9-22)35-15-14-31-18-20(2)16-21(3)19-31/h8-13,17,20-21,30H,5-7,14-16,18-19H2,1-4H3. The van der Waals surface area contributed by atoms with E-state index in [1.165, 1.54) is 6.42 Å². The van der Waals surface area contributed by atoms with E-state index in [9.17, 15) is 13.2 Å². The third kappa shape index (κ3) is 7.14. The smallest absolute Gasteiger partial charge is 0.229 e. The van der Waals surface area contributed by atoms with Crippen molar-refractivity contribution in [1.82, 2.24) is 4.90 Å². The molecule has 1 aliphatic rings. The highest BCUT2D eigenvalue weighted by Crippen LogP contribution is 2.32. The summed E-state index contributed by atoms with van der Waals surface area (Å²) in [6, 6.07) is 12.2. The molecule has 1 aliphatic heterocycles. The summed E-state index contributed by atoms with van der Waals surface area (Å²) < 4.78 is 38.0. The summed E-state index contributed by atoms with van der Waals surface area (Å²) in [6.07, 6.45) is 4.87. The number of ether oxygens (including phenoxy) is 1. The lowest BCUT2D eigenvalue weighted by Gasteiger charge is -2.34. The van der Waals surface area contributed by atoms with Crippen molar-refractivity contribution in [3.63, 3.8) is 0 Å². The van der Waals surface area contributed by atoms with E-state index in [1.807, 2.05) is 12.1 Å². The van der Waals surface area contributed by atoms with Crippen LogP contribution >= 0.6 is 0 Å². The molecule has 200 valence electrons. The maximum atomic E-state index is 13.6. The quantitative estimate of drug-likeness (QED) is 0.321. The fourth-order valence-corrected chi connectivity index (χ4v) is 5.86. The SMILES string of the molecule is CCCCc1oc2ccc(NS(C)(=O)=O)cc2c1C(=O)c1ccc(OCCN2CC(C)CC(C)C2)cc1. The number of sulfonamides is 1. The highest BCUT2D eigenvalue weighted by molar-refractivity contribution is 7.92. The fourth-order valence-electron chi connectivity index (χ4n) is 5.30. The Kier molecular flexibility index (Phi) is 8.60. The van der Waals surface area contributed by atoms with Crippen LogP contribution in [0.3, 0.4) is 0 Å². The number of nitrogens with zero attached hydrogens (tertiary/aromatic N) is 1. The molecule has 0 saturated carbocycles. The largest absolute Gasteiger partial charge is 0.492 e. The van der Waals surface area contributed by atoms with Crippen LogP contribution in [0.15, 0.2) is 46.9 Å². The summed E-state index contributed by atoms with van der Waals surface area (Å²) in [4.78, 5) is 16.1. The third-order valence-electron chi connectivity index (χ3n) is 6.79. The number of anilines is 1. The number of fused-ring (bicyclic) bond motifs is 1. The van der Waals surface area contributed by atoms with Crippen LogP contribution in [-0.2, 0) is 16.4 Å². The summed E-state index contributed by atoms with van der Waals surface area (Å²) in [6.45, 7) is 10.4. The number of carbonyl (C=O) groups is 1. The minimum Gasteiger partial charge on any atom is -0.492 e. The van der Waals surface area contributed by atoms with Gasteiger partial charge in [0.25, 0.3) is 0 Å². The van der Waals surface area contributed by atoms with Crippen molar-refractivity contribution >= 4 is 32.5 Å². The Morgan fingerprint density at radius 2 is 1.81 bits per heavy atom. The average molecular weight is 527 g/mol. The van der Waals surface area contributed by atoms with Gasteiger partial charge in [-0.15, -0.1) is 0 Å². The predicted molar refractivity (Wildman–Crippen MR) is 148 cm³/mol. The lowest BCUT2D eigenvalue weighted by Crippen LogP contribution is -2.40. The van der Waals surface area contributed by atoms with Crippen molar-refractivity contribution in [3.05, 3.63) is 59.4 Å². The average Bonchev–Trinajstić information content (AvgIpc) is 3.18. The van der Waals surface area contributed by atoms with Crippen LogP contribution in [0.1, 0.15) is 61.7 Å². The highest BCUT2D eigenvalue weighted by atomic mass is 32.2. The van der Waals surface area contributed by atoms with Crippen LogP contribution in [0, 0.1) is 11.8 Å². The van der Waals surface area contributed by atoms with Crippen LogP contribution in [0.2, 0.25) is 0 Å². The van der Waals surface area contributed by atoms with E-state index in [0.29, 0.717) is 58.4 Å². The molecule has 0 amide bonds. The molecular weight excluding hydrogens is 488 g/mol. The number of nitrogens with one attached hydrogen (secondary N) is 1. The van der Waals surface area contributed by atoms with Crippen LogP contribution in [0.25, 0.3) is 11.0 Å². The van der Waals surface area contributed by atoms with Gasteiger partial charge in [0.1, 0.15) is 23.7 Å². The second-order valence-corrected chi connectivity index (χ2v) is 12.2. The van der Waals surface area contributed by atoms with Gasteiger partial charge in [0.2, 0.25) is 10.0 Å². The number of rotatable bonds is 11. The monoisotopic (exact) mass is 526 g/mol. The number of carbonyl (C=O) groups excluding carboxylic acids is 1. The summed E-state index contributed by atoms with van der Waals surface area (Å²) in [5.74, 6) is 2.65. The molecule has 0 radical (unpaired) electrons. The van der Waals surface area contributed by atoms with Crippen molar-refractivity contribution < 1.29 is 22.4 Å². The van der Waals surface area contributed by atoms with E-state index in [0.717, 1.165) is 44.5 Å². The molecule has 2 aromatic carbocycles. The summed E-state index contributed by atoms with van der Waals surface area (Å²) in [5.41, 5.74) is 1.98. The maximum Gasteiger partial charge on any atom is 0.229 e. The van der Waals surface area contributed by atoms with Gasteiger partial charge in [-0.25, -0.2) is 8.42 Å². The zero-order valence-corrected chi connectivity index (χ0v) is 23.1. The Morgan fingerprint density at radius 1 is 1.11 bits per heavy atom. The van der Waals surface area contributed by atoms with Gasteiger partial charge in [-0.2, -0.15) is 0 Å². The minimum absolute atomic E-state index is 0.149. The third-order valence-corrected chi connectivity index (χ3v) is 7.39. The first-order chi connectivity index (χ1) is 17.6. The molecule has 0 bridgehead atoms. The van der Waals surface area contributed by atoms with E-state index in [2.05, 4.69) is 30.4 Å². The summed E-state index contributed by atoms with van der Waals surface area (Å²) in [7, 11) is -3.45. The molecule has 1 saturated heterocycles. The van der Waals surface area contributed by atoms with Crippen LogP contribution in [0.5, 0.6) is 5.75 Å². The van der Waals surface area contributed by atoms with E-state index < -0.39 is 10.0 Å². The number of hydrogen-bond donors (Lipinski definition) is 1. The number of aryl methyl sites for hydroxylation is 1. The number of unbranched alkanes of at least 4 members (excludes halogenated alkanes) is 1. The van der Waals surface area contributed by atoms with Gasteiger partial charge in [0.05, 0.1) is 11.8 Å². The number of furan rings is 1. The normalized spacial score (nSPS) is 18.7. The molecule has 1 N–H and O–H groups in total. The van der Waals surface area contributed by atoms with Crippen LogP contribution in [0.4, 0.5) is 5.69 Å². The summed E-state index contributed by atoms with van der Waals surface area (Å²) in [5, 5.41) is 0.607. The molecule has 0 spiro atoms.